The molecule has 0 radical (unpaired) electrons. The quantitative estimate of drug-likeness (QED) is 0.834. The monoisotopic (exact) mass is 285 g/mol. The van der Waals surface area contributed by atoms with Gasteiger partial charge in [0.1, 0.15) is 0 Å². The Bertz CT molecular complexity index is 401. The van der Waals surface area contributed by atoms with Gasteiger partial charge in [-0.15, -0.1) is 0 Å². The van der Waals surface area contributed by atoms with Crippen LogP contribution in [0.2, 0.25) is 23.2 Å². The summed E-state index contributed by atoms with van der Waals surface area (Å²) in [7, 11) is -1.73. The standard InChI is InChI=1S/C14H24ClNOSi/c1-14(2,3)18(4,5)17-10-13(16)11-7-6-8-12(15)9-11/h6-9,13H,10,16H2,1-5H3. The van der Waals surface area contributed by atoms with Crippen molar-refractivity contribution in [1.29, 1.82) is 0 Å². The second-order valence-electron chi connectivity index (χ2n) is 6.23. The van der Waals surface area contributed by atoms with Crippen LogP contribution in [0.5, 0.6) is 0 Å². The average Bonchev–Trinajstić information content (AvgIpc) is 2.24. The van der Waals surface area contributed by atoms with E-state index in [1.165, 1.54) is 0 Å². The van der Waals surface area contributed by atoms with Crippen LogP contribution in [0.3, 0.4) is 0 Å². The minimum atomic E-state index is -1.73. The summed E-state index contributed by atoms with van der Waals surface area (Å²) in [6.45, 7) is 11.7. The normalized spacial score (nSPS) is 14.6. The molecule has 2 N–H and O–H groups in total. The molecule has 0 heterocycles. The zero-order valence-electron chi connectivity index (χ0n) is 12.0. The van der Waals surface area contributed by atoms with E-state index in [9.17, 15) is 0 Å². The number of hydrogen-bond donors (Lipinski definition) is 1. The molecule has 0 aromatic heterocycles. The van der Waals surface area contributed by atoms with E-state index >= 15 is 0 Å². The molecule has 4 heteroatoms. The van der Waals surface area contributed by atoms with Crippen LogP contribution in [0.15, 0.2) is 24.3 Å². The minimum absolute atomic E-state index is 0.113. The number of nitrogens with two attached hydrogens (primary N) is 1. The Hall–Kier alpha value is -0.353. The van der Waals surface area contributed by atoms with Crippen LogP contribution >= 0.6 is 11.6 Å². The molecule has 1 aromatic rings. The van der Waals surface area contributed by atoms with Gasteiger partial charge in [-0.05, 0) is 35.8 Å². The lowest BCUT2D eigenvalue weighted by atomic mass is 10.1. The van der Waals surface area contributed by atoms with Crippen molar-refractivity contribution >= 4 is 19.9 Å². The second kappa shape index (κ2) is 5.74. The van der Waals surface area contributed by atoms with Gasteiger partial charge in [-0.1, -0.05) is 44.5 Å². The summed E-state index contributed by atoms with van der Waals surface area (Å²) in [5, 5.41) is 0.927. The first-order valence-electron chi connectivity index (χ1n) is 6.28. The van der Waals surface area contributed by atoms with Gasteiger partial charge in [0.2, 0.25) is 0 Å². The molecule has 2 nitrogen and oxygen atoms in total. The fourth-order valence-corrected chi connectivity index (χ4v) is 2.58. The SMILES string of the molecule is CC(C)(C)[Si](C)(C)OCC(N)c1cccc(Cl)c1. The highest BCUT2D eigenvalue weighted by Gasteiger charge is 2.37. The minimum Gasteiger partial charge on any atom is -0.415 e. The smallest absolute Gasteiger partial charge is 0.192 e. The van der Waals surface area contributed by atoms with Crippen molar-refractivity contribution in [3.8, 4) is 0 Å². The maximum atomic E-state index is 6.15. The van der Waals surface area contributed by atoms with Crippen LogP contribution in [0.4, 0.5) is 0 Å². The predicted octanol–water partition coefficient (Wildman–Crippen LogP) is 4.36. The number of hydrogen-bond acceptors (Lipinski definition) is 2. The Morgan fingerprint density at radius 3 is 2.44 bits per heavy atom. The third-order valence-electron chi connectivity index (χ3n) is 3.71. The van der Waals surface area contributed by atoms with Crippen LogP contribution < -0.4 is 5.73 Å². The van der Waals surface area contributed by atoms with Gasteiger partial charge in [-0.2, -0.15) is 0 Å². The van der Waals surface area contributed by atoms with E-state index in [4.69, 9.17) is 21.8 Å². The Morgan fingerprint density at radius 1 is 1.33 bits per heavy atom. The molecule has 18 heavy (non-hydrogen) atoms. The maximum absolute atomic E-state index is 6.15. The maximum Gasteiger partial charge on any atom is 0.192 e. The molecule has 0 aliphatic heterocycles. The Morgan fingerprint density at radius 2 is 1.94 bits per heavy atom. The van der Waals surface area contributed by atoms with Crippen molar-refractivity contribution in [3.63, 3.8) is 0 Å². The zero-order valence-corrected chi connectivity index (χ0v) is 13.7. The highest BCUT2D eigenvalue weighted by atomic mass is 35.5. The van der Waals surface area contributed by atoms with Gasteiger partial charge in [-0.25, -0.2) is 0 Å². The lowest BCUT2D eigenvalue weighted by Crippen LogP contribution is -2.42. The topological polar surface area (TPSA) is 35.2 Å². The Balaban J connectivity index is 2.64. The Kier molecular flexibility index (Phi) is 5.01. The molecular weight excluding hydrogens is 262 g/mol. The molecule has 0 saturated carbocycles. The van der Waals surface area contributed by atoms with Crippen molar-refractivity contribution < 1.29 is 4.43 Å². The van der Waals surface area contributed by atoms with Crippen LogP contribution in [-0.4, -0.2) is 14.9 Å². The number of benzene rings is 1. The molecule has 0 fully saturated rings. The second-order valence-corrected chi connectivity index (χ2v) is 11.5. The predicted molar refractivity (Wildman–Crippen MR) is 81.5 cm³/mol. The largest absolute Gasteiger partial charge is 0.415 e. The molecule has 102 valence electrons. The zero-order chi connectivity index (χ0) is 14.0. The molecule has 1 atom stereocenters. The fraction of sp³-hybridized carbons (Fsp3) is 0.571. The highest BCUT2D eigenvalue weighted by Crippen LogP contribution is 2.37. The molecule has 0 saturated heterocycles. The lowest BCUT2D eigenvalue weighted by Gasteiger charge is -2.37. The number of halogens is 1. The van der Waals surface area contributed by atoms with Crippen LogP contribution in [0.25, 0.3) is 0 Å². The summed E-state index contributed by atoms with van der Waals surface area (Å²) in [5.41, 5.74) is 7.18. The van der Waals surface area contributed by atoms with Gasteiger partial charge >= 0.3 is 0 Å². The average molecular weight is 286 g/mol. The van der Waals surface area contributed by atoms with Crippen LogP contribution in [-0.2, 0) is 4.43 Å². The van der Waals surface area contributed by atoms with Gasteiger partial charge in [0.05, 0.1) is 12.6 Å². The van der Waals surface area contributed by atoms with Gasteiger partial charge in [0.25, 0.3) is 0 Å². The van der Waals surface area contributed by atoms with Crippen molar-refractivity contribution in [2.24, 2.45) is 5.73 Å². The van der Waals surface area contributed by atoms with E-state index in [1.807, 2.05) is 24.3 Å². The summed E-state index contributed by atoms with van der Waals surface area (Å²) < 4.78 is 6.12. The molecule has 0 aliphatic rings. The molecule has 1 unspecified atom stereocenters. The van der Waals surface area contributed by atoms with Crippen molar-refractivity contribution in [2.45, 2.75) is 44.9 Å². The molecule has 0 spiro atoms. The van der Waals surface area contributed by atoms with E-state index in [-0.39, 0.29) is 11.1 Å². The number of rotatable bonds is 4. The van der Waals surface area contributed by atoms with Gasteiger partial charge in [0.15, 0.2) is 8.32 Å². The van der Waals surface area contributed by atoms with E-state index in [2.05, 4.69) is 33.9 Å². The first-order chi connectivity index (χ1) is 8.13. The summed E-state index contributed by atoms with van der Waals surface area (Å²) >= 11 is 5.96. The fourth-order valence-electron chi connectivity index (χ4n) is 1.35. The summed E-state index contributed by atoms with van der Waals surface area (Å²) in [4.78, 5) is 0. The van der Waals surface area contributed by atoms with Crippen molar-refractivity contribution in [1.82, 2.24) is 0 Å². The van der Waals surface area contributed by atoms with Gasteiger partial charge < -0.3 is 10.2 Å². The first kappa shape index (κ1) is 15.7. The van der Waals surface area contributed by atoms with Crippen molar-refractivity contribution in [3.05, 3.63) is 34.9 Å². The molecule has 0 amide bonds. The van der Waals surface area contributed by atoms with E-state index < -0.39 is 8.32 Å². The molecule has 0 bridgehead atoms. The first-order valence-corrected chi connectivity index (χ1v) is 9.57. The summed E-state index contributed by atoms with van der Waals surface area (Å²) in [6, 6.07) is 7.56. The molecular formula is C14H24ClNOSi. The molecule has 0 aliphatic carbocycles. The van der Waals surface area contributed by atoms with Gasteiger partial charge in [-0.3, -0.25) is 0 Å². The molecule has 1 aromatic carbocycles. The molecule has 1 rings (SSSR count). The Labute approximate surface area is 117 Å². The third kappa shape index (κ3) is 4.09. The third-order valence-corrected chi connectivity index (χ3v) is 8.44. The van der Waals surface area contributed by atoms with E-state index in [1.54, 1.807) is 0 Å². The van der Waals surface area contributed by atoms with Crippen LogP contribution in [0.1, 0.15) is 32.4 Å². The highest BCUT2D eigenvalue weighted by molar-refractivity contribution is 6.74. The van der Waals surface area contributed by atoms with Crippen molar-refractivity contribution in [2.75, 3.05) is 6.61 Å². The van der Waals surface area contributed by atoms with Gasteiger partial charge in [0, 0.05) is 5.02 Å². The summed E-state index contributed by atoms with van der Waals surface area (Å²) in [5.74, 6) is 0. The summed E-state index contributed by atoms with van der Waals surface area (Å²) in [6.07, 6.45) is 0. The van der Waals surface area contributed by atoms with E-state index in [0.717, 1.165) is 10.6 Å². The lowest BCUT2D eigenvalue weighted by molar-refractivity contribution is 0.264. The van der Waals surface area contributed by atoms with E-state index in [0.29, 0.717) is 6.61 Å². The van der Waals surface area contributed by atoms with Crippen LogP contribution in [0, 0.1) is 0 Å².